The van der Waals surface area contributed by atoms with Crippen LogP contribution in [0, 0.1) is 0 Å². The van der Waals surface area contributed by atoms with Gasteiger partial charge in [0.2, 0.25) is 0 Å². The van der Waals surface area contributed by atoms with Crippen LogP contribution in [0.15, 0.2) is 78.9 Å². The summed E-state index contributed by atoms with van der Waals surface area (Å²) in [6, 6.07) is 25.9. The first kappa shape index (κ1) is 26.2. The first-order valence-electron chi connectivity index (χ1n) is 13.2. The van der Waals surface area contributed by atoms with Gasteiger partial charge in [-0.3, -0.25) is 0 Å². The van der Waals surface area contributed by atoms with Crippen LogP contribution in [0.3, 0.4) is 0 Å². The number of nitrogens with zero attached hydrogens (tertiary/aromatic N) is 1. The van der Waals surface area contributed by atoms with E-state index in [1.54, 1.807) is 0 Å². The molecule has 3 N–H and O–H groups in total. The van der Waals surface area contributed by atoms with Gasteiger partial charge in [0.15, 0.2) is 0 Å². The SMILES string of the molecule is CCCNc1ccc(-c2nc(-c3ccc(/C=C/COCC)cc3)[nH]c2-c2ccc(NC(C)C)cc2)cc1. The molecule has 4 rings (SSSR count). The summed E-state index contributed by atoms with van der Waals surface area (Å²) in [6.07, 6.45) is 5.22. The van der Waals surface area contributed by atoms with E-state index in [1.165, 1.54) is 0 Å². The van der Waals surface area contributed by atoms with Crippen LogP contribution >= 0.6 is 0 Å². The van der Waals surface area contributed by atoms with E-state index in [4.69, 9.17) is 9.72 Å². The second-order valence-corrected chi connectivity index (χ2v) is 9.37. The number of nitrogens with one attached hydrogen (secondary N) is 3. The lowest BCUT2D eigenvalue weighted by Crippen LogP contribution is -2.09. The van der Waals surface area contributed by atoms with Gasteiger partial charge in [0.05, 0.1) is 18.0 Å². The van der Waals surface area contributed by atoms with Gasteiger partial charge in [-0.05, 0) is 57.0 Å². The van der Waals surface area contributed by atoms with Crippen molar-refractivity contribution in [3.05, 3.63) is 84.4 Å². The molecule has 1 heterocycles. The molecule has 0 bridgehead atoms. The number of rotatable bonds is 12. The normalized spacial score (nSPS) is 11.4. The van der Waals surface area contributed by atoms with E-state index in [9.17, 15) is 0 Å². The third-order valence-electron chi connectivity index (χ3n) is 5.98. The quantitative estimate of drug-likeness (QED) is 0.174. The molecular formula is C32H38N4O. The zero-order valence-corrected chi connectivity index (χ0v) is 22.3. The molecule has 1 aromatic heterocycles. The molecule has 5 nitrogen and oxygen atoms in total. The fourth-order valence-electron chi connectivity index (χ4n) is 4.13. The highest BCUT2D eigenvalue weighted by atomic mass is 16.5. The fraction of sp³-hybridized carbons (Fsp3) is 0.281. The Hall–Kier alpha value is -3.83. The molecule has 0 aliphatic heterocycles. The number of anilines is 2. The molecule has 192 valence electrons. The molecule has 0 aliphatic carbocycles. The van der Waals surface area contributed by atoms with Gasteiger partial charge in [0, 0.05) is 47.3 Å². The van der Waals surface area contributed by atoms with Crippen molar-refractivity contribution in [3.63, 3.8) is 0 Å². The highest BCUT2D eigenvalue weighted by Crippen LogP contribution is 2.34. The summed E-state index contributed by atoms with van der Waals surface area (Å²) in [5, 5.41) is 6.91. The second-order valence-electron chi connectivity index (χ2n) is 9.37. The number of ether oxygens (including phenoxy) is 1. The van der Waals surface area contributed by atoms with Gasteiger partial charge in [0.25, 0.3) is 0 Å². The van der Waals surface area contributed by atoms with Gasteiger partial charge < -0.3 is 20.4 Å². The smallest absolute Gasteiger partial charge is 0.138 e. The summed E-state index contributed by atoms with van der Waals surface area (Å²) in [6.45, 7) is 10.8. The number of hydrogen-bond acceptors (Lipinski definition) is 4. The zero-order valence-electron chi connectivity index (χ0n) is 22.3. The van der Waals surface area contributed by atoms with Gasteiger partial charge >= 0.3 is 0 Å². The lowest BCUT2D eigenvalue weighted by Gasteiger charge is -2.11. The Labute approximate surface area is 221 Å². The Balaban J connectivity index is 1.67. The van der Waals surface area contributed by atoms with E-state index in [-0.39, 0.29) is 0 Å². The first-order valence-corrected chi connectivity index (χ1v) is 13.2. The Morgan fingerprint density at radius 1 is 0.838 bits per heavy atom. The van der Waals surface area contributed by atoms with Crippen LogP contribution in [0.5, 0.6) is 0 Å². The van der Waals surface area contributed by atoms with Crippen molar-refractivity contribution in [3.8, 4) is 33.9 Å². The minimum Gasteiger partial charge on any atom is -0.385 e. The molecule has 0 atom stereocenters. The molecule has 0 spiro atoms. The molecular weight excluding hydrogens is 456 g/mol. The minimum absolute atomic E-state index is 0.386. The van der Waals surface area contributed by atoms with Crippen LogP contribution in [0.2, 0.25) is 0 Å². The number of H-pyrrole nitrogens is 1. The third kappa shape index (κ3) is 7.11. The summed E-state index contributed by atoms with van der Waals surface area (Å²) >= 11 is 0. The van der Waals surface area contributed by atoms with Crippen LogP contribution in [0.4, 0.5) is 11.4 Å². The first-order chi connectivity index (χ1) is 18.1. The Bertz CT molecular complexity index is 1270. The monoisotopic (exact) mass is 494 g/mol. The van der Waals surface area contributed by atoms with Gasteiger partial charge in [-0.1, -0.05) is 67.6 Å². The largest absolute Gasteiger partial charge is 0.385 e. The van der Waals surface area contributed by atoms with Gasteiger partial charge in [-0.2, -0.15) is 0 Å². The number of aromatic nitrogens is 2. The van der Waals surface area contributed by atoms with Crippen LogP contribution in [0.25, 0.3) is 40.0 Å². The van der Waals surface area contributed by atoms with Crippen molar-refractivity contribution in [1.29, 1.82) is 0 Å². The maximum absolute atomic E-state index is 5.39. The van der Waals surface area contributed by atoms with E-state index in [2.05, 4.69) is 115 Å². The van der Waals surface area contributed by atoms with Crippen molar-refractivity contribution >= 4 is 17.5 Å². The highest BCUT2D eigenvalue weighted by Gasteiger charge is 2.16. The van der Waals surface area contributed by atoms with Crippen molar-refractivity contribution in [1.82, 2.24) is 9.97 Å². The maximum Gasteiger partial charge on any atom is 0.138 e. The fourth-order valence-corrected chi connectivity index (χ4v) is 4.13. The summed E-state index contributed by atoms with van der Waals surface area (Å²) in [5.41, 5.74) is 8.57. The van der Waals surface area contributed by atoms with E-state index >= 15 is 0 Å². The predicted octanol–water partition coefficient (Wildman–Crippen LogP) is 8.10. The van der Waals surface area contributed by atoms with Gasteiger partial charge in [0.1, 0.15) is 5.82 Å². The van der Waals surface area contributed by atoms with Gasteiger partial charge in [-0.15, -0.1) is 0 Å². The van der Waals surface area contributed by atoms with Crippen LogP contribution < -0.4 is 10.6 Å². The van der Waals surface area contributed by atoms with Crippen LogP contribution in [-0.4, -0.2) is 35.8 Å². The topological polar surface area (TPSA) is 62.0 Å². The zero-order chi connectivity index (χ0) is 26.0. The van der Waals surface area contributed by atoms with Crippen molar-refractivity contribution in [2.75, 3.05) is 30.4 Å². The summed E-state index contributed by atoms with van der Waals surface area (Å²) in [4.78, 5) is 8.69. The second kappa shape index (κ2) is 12.9. The van der Waals surface area contributed by atoms with Crippen LogP contribution in [0.1, 0.15) is 39.7 Å². The molecule has 3 aromatic carbocycles. The molecule has 0 fully saturated rings. The molecule has 0 saturated carbocycles. The molecule has 0 radical (unpaired) electrons. The lowest BCUT2D eigenvalue weighted by atomic mass is 10.0. The molecule has 0 unspecified atom stereocenters. The van der Waals surface area contributed by atoms with E-state index in [1.807, 2.05) is 13.0 Å². The Morgan fingerprint density at radius 2 is 1.49 bits per heavy atom. The molecule has 0 aliphatic rings. The molecule has 37 heavy (non-hydrogen) atoms. The molecule has 0 amide bonds. The highest BCUT2D eigenvalue weighted by molar-refractivity contribution is 5.82. The third-order valence-corrected chi connectivity index (χ3v) is 5.98. The maximum atomic E-state index is 5.39. The minimum atomic E-state index is 0.386. The Morgan fingerprint density at radius 3 is 2.14 bits per heavy atom. The number of benzene rings is 3. The van der Waals surface area contributed by atoms with E-state index < -0.39 is 0 Å². The lowest BCUT2D eigenvalue weighted by molar-refractivity contribution is 0.178. The molecule has 4 aromatic rings. The predicted molar refractivity (Wildman–Crippen MR) is 158 cm³/mol. The van der Waals surface area contributed by atoms with Gasteiger partial charge in [-0.25, -0.2) is 4.98 Å². The average Bonchev–Trinajstić information content (AvgIpc) is 3.36. The number of hydrogen-bond donors (Lipinski definition) is 3. The summed E-state index contributed by atoms with van der Waals surface area (Å²) < 4.78 is 5.39. The Kier molecular flexibility index (Phi) is 9.17. The standard InChI is InChI=1S/C32H38N4O/c1-5-21-33-28-17-13-25(14-18-28)30-31(26-15-19-29(20-16-26)34-23(3)4)36-32(35-30)27-11-9-24(10-12-27)8-7-22-37-6-2/h7-20,23,33-34H,5-6,21-22H2,1-4H3,(H,35,36)/b8-7+. The summed E-state index contributed by atoms with van der Waals surface area (Å²) in [7, 11) is 0. The summed E-state index contributed by atoms with van der Waals surface area (Å²) in [5.74, 6) is 0.854. The number of imidazole rings is 1. The van der Waals surface area contributed by atoms with Crippen molar-refractivity contribution < 1.29 is 4.74 Å². The van der Waals surface area contributed by atoms with Crippen molar-refractivity contribution in [2.24, 2.45) is 0 Å². The molecule has 0 saturated heterocycles. The van der Waals surface area contributed by atoms with Crippen molar-refractivity contribution in [2.45, 2.75) is 40.2 Å². The molecule has 5 heteroatoms. The van der Waals surface area contributed by atoms with E-state index in [0.717, 1.165) is 70.4 Å². The van der Waals surface area contributed by atoms with Crippen LogP contribution in [-0.2, 0) is 4.74 Å². The van der Waals surface area contributed by atoms with E-state index in [0.29, 0.717) is 12.6 Å². The number of aromatic amines is 1. The average molecular weight is 495 g/mol.